The molecule has 0 radical (unpaired) electrons. The average Bonchev–Trinajstić information content (AvgIpc) is 2.29. The summed E-state index contributed by atoms with van der Waals surface area (Å²) in [5, 5.41) is 14.1. The Balaban J connectivity index is 2.91. The maximum absolute atomic E-state index is 10.8. The number of nitro groups is 1. The smallest absolute Gasteiger partial charge is 0.275 e. The summed E-state index contributed by atoms with van der Waals surface area (Å²) in [6.45, 7) is 6.51. The highest BCUT2D eigenvalue weighted by molar-refractivity contribution is 5.56. The van der Waals surface area contributed by atoms with Crippen LogP contribution in [0.15, 0.2) is 18.2 Å². The number of nitrogens with zero attached hydrogens (tertiary/aromatic N) is 1. The fourth-order valence-electron chi connectivity index (χ4n) is 1.81. The van der Waals surface area contributed by atoms with Crippen molar-refractivity contribution in [3.63, 3.8) is 0 Å². The van der Waals surface area contributed by atoms with Crippen molar-refractivity contribution in [3.05, 3.63) is 28.3 Å². The van der Waals surface area contributed by atoms with E-state index < -0.39 is 4.92 Å². The molecule has 0 aliphatic carbocycles. The molecule has 0 saturated carbocycles. The van der Waals surface area contributed by atoms with Crippen molar-refractivity contribution in [2.45, 2.75) is 39.7 Å². The fraction of sp³-hybridized carbons (Fsp3) is 0.538. The SMILES string of the molecule is CCCC(C)Nc1cc(OCC)cc([N+](=O)[O-])c1. The van der Waals surface area contributed by atoms with Crippen LogP contribution in [0.2, 0.25) is 0 Å². The summed E-state index contributed by atoms with van der Waals surface area (Å²) in [5.41, 5.74) is 0.778. The first-order chi connectivity index (χ1) is 8.56. The monoisotopic (exact) mass is 252 g/mol. The second kappa shape index (κ2) is 6.83. The molecule has 100 valence electrons. The van der Waals surface area contributed by atoms with Crippen LogP contribution in [0.3, 0.4) is 0 Å². The van der Waals surface area contributed by atoms with E-state index in [9.17, 15) is 10.1 Å². The molecule has 0 saturated heterocycles. The van der Waals surface area contributed by atoms with Gasteiger partial charge < -0.3 is 10.1 Å². The quantitative estimate of drug-likeness (QED) is 0.595. The van der Waals surface area contributed by atoms with Gasteiger partial charge in [-0.2, -0.15) is 0 Å². The lowest BCUT2D eigenvalue weighted by atomic mass is 10.2. The van der Waals surface area contributed by atoms with Gasteiger partial charge in [0.15, 0.2) is 0 Å². The van der Waals surface area contributed by atoms with Crippen LogP contribution in [0.1, 0.15) is 33.6 Å². The molecule has 0 heterocycles. The first-order valence-corrected chi connectivity index (χ1v) is 6.25. The number of hydrogen-bond donors (Lipinski definition) is 1. The highest BCUT2D eigenvalue weighted by Crippen LogP contribution is 2.26. The van der Waals surface area contributed by atoms with E-state index in [0.717, 1.165) is 18.5 Å². The van der Waals surface area contributed by atoms with Crippen molar-refractivity contribution in [3.8, 4) is 5.75 Å². The summed E-state index contributed by atoms with van der Waals surface area (Å²) in [6, 6.07) is 5.06. The molecule has 5 nitrogen and oxygen atoms in total. The third kappa shape index (κ3) is 4.24. The maximum atomic E-state index is 10.8. The second-order valence-electron chi connectivity index (χ2n) is 4.24. The second-order valence-corrected chi connectivity index (χ2v) is 4.24. The molecule has 0 aliphatic rings. The standard InChI is InChI=1S/C13H20N2O3/c1-4-6-10(3)14-11-7-12(15(16)17)9-13(8-11)18-5-2/h7-10,14H,4-6H2,1-3H3. The minimum Gasteiger partial charge on any atom is -0.494 e. The molecule has 1 N–H and O–H groups in total. The van der Waals surface area contributed by atoms with E-state index in [0.29, 0.717) is 12.4 Å². The van der Waals surface area contributed by atoms with Crippen molar-refractivity contribution in [1.29, 1.82) is 0 Å². The lowest BCUT2D eigenvalue weighted by molar-refractivity contribution is -0.384. The highest BCUT2D eigenvalue weighted by Gasteiger charge is 2.11. The topological polar surface area (TPSA) is 64.4 Å². The van der Waals surface area contributed by atoms with Crippen LogP contribution < -0.4 is 10.1 Å². The van der Waals surface area contributed by atoms with Crippen molar-refractivity contribution in [2.75, 3.05) is 11.9 Å². The van der Waals surface area contributed by atoms with Gasteiger partial charge in [0.25, 0.3) is 5.69 Å². The lowest BCUT2D eigenvalue weighted by Gasteiger charge is -2.15. The molecular formula is C13H20N2O3. The predicted molar refractivity (Wildman–Crippen MR) is 72.3 cm³/mol. The minimum atomic E-state index is -0.405. The van der Waals surface area contributed by atoms with Crippen LogP contribution in [0.5, 0.6) is 5.75 Å². The summed E-state index contributed by atoms with van der Waals surface area (Å²) in [7, 11) is 0. The molecule has 0 aromatic heterocycles. The molecule has 0 fully saturated rings. The van der Waals surface area contributed by atoms with Gasteiger partial charge >= 0.3 is 0 Å². The van der Waals surface area contributed by atoms with E-state index >= 15 is 0 Å². The van der Waals surface area contributed by atoms with E-state index in [1.54, 1.807) is 6.07 Å². The van der Waals surface area contributed by atoms with Crippen molar-refractivity contribution in [1.82, 2.24) is 0 Å². The summed E-state index contributed by atoms with van der Waals surface area (Å²) < 4.78 is 5.33. The van der Waals surface area contributed by atoms with Gasteiger partial charge in [-0.25, -0.2) is 0 Å². The van der Waals surface area contributed by atoms with Crippen LogP contribution in [0.4, 0.5) is 11.4 Å². The number of anilines is 1. The first-order valence-electron chi connectivity index (χ1n) is 6.25. The molecule has 1 aromatic carbocycles. The predicted octanol–water partition coefficient (Wildman–Crippen LogP) is 3.59. The van der Waals surface area contributed by atoms with Gasteiger partial charge in [-0.3, -0.25) is 10.1 Å². The zero-order valence-corrected chi connectivity index (χ0v) is 11.1. The summed E-state index contributed by atoms with van der Waals surface area (Å²) in [6.07, 6.45) is 2.09. The zero-order valence-electron chi connectivity index (χ0n) is 11.1. The van der Waals surface area contributed by atoms with Crippen LogP contribution in [0, 0.1) is 10.1 Å². The highest BCUT2D eigenvalue weighted by atomic mass is 16.6. The van der Waals surface area contributed by atoms with E-state index in [-0.39, 0.29) is 11.7 Å². The number of hydrogen-bond acceptors (Lipinski definition) is 4. The number of rotatable bonds is 7. The van der Waals surface area contributed by atoms with Crippen molar-refractivity contribution >= 4 is 11.4 Å². The molecule has 1 rings (SSSR count). The Kier molecular flexibility index (Phi) is 5.42. The van der Waals surface area contributed by atoms with Crippen LogP contribution in [0.25, 0.3) is 0 Å². The van der Waals surface area contributed by atoms with Gasteiger partial charge in [0, 0.05) is 23.9 Å². The summed E-state index contributed by atoms with van der Waals surface area (Å²) in [4.78, 5) is 10.4. The van der Waals surface area contributed by atoms with E-state index in [4.69, 9.17) is 4.74 Å². The lowest BCUT2D eigenvalue weighted by Crippen LogP contribution is -2.14. The van der Waals surface area contributed by atoms with Gasteiger partial charge in [-0.15, -0.1) is 0 Å². The third-order valence-corrected chi connectivity index (χ3v) is 2.55. The Hall–Kier alpha value is -1.78. The van der Waals surface area contributed by atoms with Crippen LogP contribution >= 0.6 is 0 Å². The van der Waals surface area contributed by atoms with Gasteiger partial charge in [0.1, 0.15) is 5.75 Å². The Labute approximate surface area is 107 Å². The number of benzene rings is 1. The van der Waals surface area contributed by atoms with Crippen molar-refractivity contribution < 1.29 is 9.66 Å². The van der Waals surface area contributed by atoms with Crippen molar-refractivity contribution in [2.24, 2.45) is 0 Å². The van der Waals surface area contributed by atoms with Gasteiger partial charge in [0.2, 0.25) is 0 Å². The number of non-ortho nitro benzene ring substituents is 1. The van der Waals surface area contributed by atoms with Gasteiger partial charge in [-0.1, -0.05) is 13.3 Å². The molecule has 18 heavy (non-hydrogen) atoms. The third-order valence-electron chi connectivity index (χ3n) is 2.55. The molecular weight excluding hydrogens is 232 g/mol. The maximum Gasteiger partial charge on any atom is 0.275 e. The molecule has 0 amide bonds. The molecule has 1 aromatic rings. The summed E-state index contributed by atoms with van der Waals surface area (Å²) >= 11 is 0. The molecule has 1 atom stereocenters. The number of nitro benzene ring substituents is 1. The van der Waals surface area contributed by atoms with E-state index in [2.05, 4.69) is 19.2 Å². The fourth-order valence-corrected chi connectivity index (χ4v) is 1.81. The Morgan fingerprint density at radius 2 is 2.11 bits per heavy atom. The van der Waals surface area contributed by atoms with E-state index in [1.165, 1.54) is 12.1 Å². The number of ether oxygens (including phenoxy) is 1. The normalized spacial score (nSPS) is 11.9. The molecule has 1 unspecified atom stereocenters. The molecule has 0 spiro atoms. The van der Waals surface area contributed by atoms with E-state index in [1.807, 2.05) is 6.92 Å². The molecule has 0 aliphatic heterocycles. The first kappa shape index (κ1) is 14.3. The Bertz CT molecular complexity index is 407. The van der Waals surface area contributed by atoms with Crippen LogP contribution in [-0.4, -0.2) is 17.6 Å². The van der Waals surface area contributed by atoms with Gasteiger partial charge in [0.05, 0.1) is 17.6 Å². The zero-order chi connectivity index (χ0) is 13.5. The average molecular weight is 252 g/mol. The van der Waals surface area contributed by atoms with Crippen LogP contribution in [-0.2, 0) is 0 Å². The minimum absolute atomic E-state index is 0.0483. The molecule has 5 heteroatoms. The number of nitrogens with one attached hydrogen (secondary N) is 1. The molecule has 0 bridgehead atoms. The Morgan fingerprint density at radius 3 is 2.67 bits per heavy atom. The largest absolute Gasteiger partial charge is 0.494 e. The Morgan fingerprint density at radius 1 is 1.39 bits per heavy atom. The summed E-state index contributed by atoms with van der Waals surface area (Å²) in [5.74, 6) is 0.526. The van der Waals surface area contributed by atoms with Gasteiger partial charge in [-0.05, 0) is 20.3 Å².